The fourth-order valence-corrected chi connectivity index (χ4v) is 3.07. The Morgan fingerprint density at radius 3 is 2.50 bits per heavy atom. The van der Waals surface area contributed by atoms with Gasteiger partial charge in [0.05, 0.1) is 5.57 Å². The maximum absolute atomic E-state index is 12.7. The fraction of sp³-hybridized carbons (Fsp3) is 0.333. The van der Waals surface area contributed by atoms with Crippen LogP contribution in [-0.2, 0) is 14.3 Å². The minimum Gasteiger partial charge on any atom is -0.449 e. The van der Waals surface area contributed by atoms with Crippen LogP contribution in [0.5, 0.6) is 0 Å². The molecule has 138 valence electrons. The molecule has 0 saturated carbocycles. The molecule has 2 aromatic rings. The number of rotatable bonds is 5. The third kappa shape index (κ3) is 5.85. The van der Waals surface area contributed by atoms with Crippen molar-refractivity contribution in [2.24, 2.45) is 0 Å². The topological polar surface area (TPSA) is 55.4 Å². The summed E-state index contributed by atoms with van der Waals surface area (Å²) in [4.78, 5) is 25.8. The standard InChI is InChI=1S/C21H25NO3S/c1-14-8-6-9-16(12-14)13-17(18-10-7-11-26-18)20(24)25-15(2)19(23)22-21(3,4)5/h6-13,15H,1-5H3,(H,22,23)/b17-13+/t15-/m1/s1. The number of hydrogen-bond acceptors (Lipinski definition) is 4. The maximum Gasteiger partial charge on any atom is 0.340 e. The first-order valence-electron chi connectivity index (χ1n) is 8.51. The van der Waals surface area contributed by atoms with E-state index in [0.29, 0.717) is 5.57 Å². The first-order chi connectivity index (χ1) is 12.2. The number of aryl methyl sites for hydroxylation is 1. The zero-order chi connectivity index (χ0) is 19.3. The highest BCUT2D eigenvalue weighted by molar-refractivity contribution is 7.11. The van der Waals surface area contributed by atoms with Crippen LogP contribution < -0.4 is 5.32 Å². The Bertz CT molecular complexity index is 801. The summed E-state index contributed by atoms with van der Waals surface area (Å²) in [6.07, 6.45) is 0.929. The van der Waals surface area contributed by atoms with Crippen molar-refractivity contribution in [3.8, 4) is 0 Å². The lowest BCUT2D eigenvalue weighted by Gasteiger charge is -2.23. The predicted molar refractivity (Wildman–Crippen MR) is 107 cm³/mol. The van der Waals surface area contributed by atoms with Gasteiger partial charge in [0.25, 0.3) is 5.91 Å². The van der Waals surface area contributed by atoms with Gasteiger partial charge in [-0.25, -0.2) is 4.79 Å². The SMILES string of the molecule is Cc1cccc(/C=C(/C(=O)O[C@H](C)C(=O)NC(C)(C)C)c2cccs2)c1. The van der Waals surface area contributed by atoms with Crippen molar-refractivity contribution in [2.75, 3.05) is 0 Å². The van der Waals surface area contributed by atoms with Crippen LogP contribution >= 0.6 is 11.3 Å². The molecule has 0 aliphatic carbocycles. The summed E-state index contributed by atoms with van der Waals surface area (Å²) in [5.41, 5.74) is 2.08. The molecule has 0 spiro atoms. The number of carbonyl (C=O) groups is 2. The van der Waals surface area contributed by atoms with Crippen molar-refractivity contribution in [1.82, 2.24) is 5.32 Å². The number of amides is 1. The zero-order valence-corrected chi connectivity index (χ0v) is 16.6. The molecule has 0 fully saturated rings. The molecule has 26 heavy (non-hydrogen) atoms. The molecule has 5 heteroatoms. The Balaban J connectivity index is 2.24. The molecule has 1 heterocycles. The summed E-state index contributed by atoms with van der Waals surface area (Å²) in [7, 11) is 0. The van der Waals surface area contributed by atoms with Gasteiger partial charge in [0.2, 0.25) is 0 Å². The number of esters is 1. The van der Waals surface area contributed by atoms with Crippen LogP contribution in [0.2, 0.25) is 0 Å². The highest BCUT2D eigenvalue weighted by Gasteiger charge is 2.24. The van der Waals surface area contributed by atoms with E-state index in [1.165, 1.54) is 11.3 Å². The third-order valence-electron chi connectivity index (χ3n) is 3.51. The van der Waals surface area contributed by atoms with E-state index in [2.05, 4.69) is 5.32 Å². The molecular weight excluding hydrogens is 346 g/mol. The Morgan fingerprint density at radius 1 is 1.19 bits per heavy atom. The number of benzene rings is 1. The second-order valence-corrected chi connectivity index (χ2v) is 8.18. The summed E-state index contributed by atoms with van der Waals surface area (Å²) in [5, 5.41) is 4.73. The highest BCUT2D eigenvalue weighted by atomic mass is 32.1. The van der Waals surface area contributed by atoms with Gasteiger partial charge < -0.3 is 10.1 Å². The van der Waals surface area contributed by atoms with Crippen molar-refractivity contribution in [3.05, 3.63) is 57.8 Å². The van der Waals surface area contributed by atoms with Crippen molar-refractivity contribution >= 4 is 34.9 Å². The maximum atomic E-state index is 12.7. The first-order valence-corrected chi connectivity index (χ1v) is 9.39. The van der Waals surface area contributed by atoms with Crippen LogP contribution in [0.25, 0.3) is 11.6 Å². The van der Waals surface area contributed by atoms with Crippen LogP contribution in [0.15, 0.2) is 41.8 Å². The molecule has 0 bridgehead atoms. The van der Waals surface area contributed by atoms with Crippen LogP contribution in [0.1, 0.15) is 43.7 Å². The molecule has 1 aromatic heterocycles. The lowest BCUT2D eigenvalue weighted by atomic mass is 10.1. The molecule has 0 aliphatic heterocycles. The van der Waals surface area contributed by atoms with Crippen LogP contribution in [-0.4, -0.2) is 23.5 Å². The lowest BCUT2D eigenvalue weighted by Crippen LogP contribution is -2.46. The second kappa shape index (κ2) is 8.32. The number of nitrogens with one attached hydrogen (secondary N) is 1. The summed E-state index contributed by atoms with van der Waals surface area (Å²) in [6, 6.07) is 11.6. The molecule has 0 saturated heterocycles. The van der Waals surface area contributed by atoms with Gasteiger partial charge >= 0.3 is 5.97 Å². The van der Waals surface area contributed by atoms with E-state index in [4.69, 9.17) is 4.74 Å². The minimum absolute atomic E-state index is 0.313. The molecule has 0 aliphatic rings. The lowest BCUT2D eigenvalue weighted by molar-refractivity contribution is -0.149. The average molecular weight is 372 g/mol. The molecule has 0 unspecified atom stereocenters. The van der Waals surface area contributed by atoms with E-state index in [-0.39, 0.29) is 11.4 Å². The quantitative estimate of drug-likeness (QED) is 0.624. The summed E-state index contributed by atoms with van der Waals surface area (Å²) < 4.78 is 5.43. The van der Waals surface area contributed by atoms with E-state index < -0.39 is 12.1 Å². The van der Waals surface area contributed by atoms with E-state index in [1.807, 2.05) is 69.5 Å². The number of ether oxygens (including phenoxy) is 1. The molecular formula is C21H25NO3S. The predicted octanol–water partition coefficient (Wildman–Crippen LogP) is 4.44. The molecule has 4 nitrogen and oxygen atoms in total. The largest absolute Gasteiger partial charge is 0.449 e. The van der Waals surface area contributed by atoms with Crippen molar-refractivity contribution in [2.45, 2.75) is 46.3 Å². The molecule has 1 aromatic carbocycles. The Hall–Kier alpha value is -2.40. The number of carbonyl (C=O) groups excluding carboxylic acids is 2. The van der Waals surface area contributed by atoms with Gasteiger partial charge in [-0.05, 0) is 57.7 Å². The Morgan fingerprint density at radius 2 is 1.92 bits per heavy atom. The van der Waals surface area contributed by atoms with Gasteiger partial charge in [0, 0.05) is 10.4 Å². The molecule has 2 rings (SSSR count). The normalized spacial score (nSPS) is 13.2. The van der Waals surface area contributed by atoms with Crippen molar-refractivity contribution in [1.29, 1.82) is 0 Å². The van der Waals surface area contributed by atoms with Gasteiger partial charge in [-0.15, -0.1) is 11.3 Å². The first kappa shape index (κ1) is 19.9. The Labute approximate surface area is 158 Å². The van der Waals surface area contributed by atoms with E-state index in [0.717, 1.165) is 16.0 Å². The zero-order valence-electron chi connectivity index (χ0n) is 15.8. The van der Waals surface area contributed by atoms with Crippen LogP contribution in [0, 0.1) is 6.92 Å². The monoisotopic (exact) mass is 371 g/mol. The molecule has 1 amide bonds. The highest BCUT2D eigenvalue weighted by Crippen LogP contribution is 2.25. The Kier molecular flexibility index (Phi) is 6.37. The van der Waals surface area contributed by atoms with Gasteiger partial charge in [-0.1, -0.05) is 35.9 Å². The third-order valence-corrected chi connectivity index (χ3v) is 4.41. The van der Waals surface area contributed by atoms with E-state index in [1.54, 1.807) is 13.0 Å². The van der Waals surface area contributed by atoms with Gasteiger partial charge in [-0.2, -0.15) is 0 Å². The van der Waals surface area contributed by atoms with E-state index in [9.17, 15) is 9.59 Å². The van der Waals surface area contributed by atoms with Crippen LogP contribution in [0.3, 0.4) is 0 Å². The van der Waals surface area contributed by atoms with Crippen LogP contribution in [0.4, 0.5) is 0 Å². The second-order valence-electron chi connectivity index (χ2n) is 7.24. The smallest absolute Gasteiger partial charge is 0.340 e. The molecule has 1 N–H and O–H groups in total. The van der Waals surface area contributed by atoms with Gasteiger partial charge in [0.1, 0.15) is 0 Å². The summed E-state index contributed by atoms with van der Waals surface area (Å²) >= 11 is 1.46. The fourth-order valence-electron chi connectivity index (χ4n) is 2.34. The molecule has 0 radical (unpaired) electrons. The van der Waals surface area contributed by atoms with Crippen molar-refractivity contribution < 1.29 is 14.3 Å². The number of hydrogen-bond donors (Lipinski definition) is 1. The minimum atomic E-state index is -0.873. The average Bonchev–Trinajstić information content (AvgIpc) is 3.05. The number of thiophene rings is 1. The van der Waals surface area contributed by atoms with Gasteiger partial charge in [0.15, 0.2) is 6.10 Å². The summed E-state index contributed by atoms with van der Waals surface area (Å²) in [6.45, 7) is 9.23. The summed E-state index contributed by atoms with van der Waals surface area (Å²) in [5.74, 6) is -0.822. The van der Waals surface area contributed by atoms with Crippen molar-refractivity contribution in [3.63, 3.8) is 0 Å². The van der Waals surface area contributed by atoms with E-state index >= 15 is 0 Å². The van der Waals surface area contributed by atoms with Gasteiger partial charge in [-0.3, -0.25) is 4.79 Å². The molecule has 1 atom stereocenters.